The monoisotopic (exact) mass is 310 g/mol. The van der Waals surface area contributed by atoms with E-state index >= 15 is 0 Å². The van der Waals surface area contributed by atoms with Crippen LogP contribution in [0, 0.1) is 0 Å². The highest BCUT2D eigenvalue weighted by molar-refractivity contribution is 5.01. The molecule has 4 nitrogen and oxygen atoms in total. The van der Waals surface area contributed by atoms with Crippen LogP contribution in [0.25, 0.3) is 0 Å². The first kappa shape index (κ1) is 19.6. The Balaban J connectivity index is 2.35. The summed E-state index contributed by atoms with van der Waals surface area (Å²) >= 11 is 0. The summed E-state index contributed by atoms with van der Waals surface area (Å²) in [6.07, 6.45) is 8.54. The maximum atomic E-state index is 3.57. The lowest BCUT2D eigenvalue weighted by Gasteiger charge is -2.24. The van der Waals surface area contributed by atoms with Gasteiger partial charge in [-0.2, -0.15) is 0 Å². The van der Waals surface area contributed by atoms with Gasteiger partial charge in [-0.15, -0.1) is 0 Å². The van der Waals surface area contributed by atoms with Crippen molar-refractivity contribution in [2.24, 2.45) is 0 Å². The van der Waals surface area contributed by atoms with Crippen molar-refractivity contribution in [3.63, 3.8) is 0 Å². The van der Waals surface area contributed by atoms with E-state index < -0.39 is 0 Å². The molecule has 1 aliphatic rings. The van der Waals surface area contributed by atoms with Crippen LogP contribution in [0.3, 0.4) is 0 Å². The Morgan fingerprint density at radius 3 is 2.09 bits per heavy atom. The van der Waals surface area contributed by atoms with Gasteiger partial charge in [-0.1, -0.05) is 18.6 Å². The third kappa shape index (κ3) is 10.3. The van der Waals surface area contributed by atoms with E-state index in [1.165, 1.54) is 45.2 Å². The Morgan fingerprint density at radius 2 is 1.41 bits per heavy atom. The van der Waals surface area contributed by atoms with E-state index in [1.807, 2.05) is 0 Å². The van der Waals surface area contributed by atoms with Gasteiger partial charge >= 0.3 is 0 Å². The van der Waals surface area contributed by atoms with E-state index in [4.69, 9.17) is 0 Å². The fourth-order valence-corrected chi connectivity index (χ4v) is 2.87. The molecule has 0 aliphatic carbocycles. The zero-order valence-corrected chi connectivity index (χ0v) is 14.9. The molecule has 1 saturated heterocycles. The van der Waals surface area contributed by atoms with E-state index in [2.05, 4.69) is 40.8 Å². The second-order valence-corrected chi connectivity index (χ2v) is 6.24. The molecule has 0 saturated carbocycles. The van der Waals surface area contributed by atoms with Crippen molar-refractivity contribution in [2.45, 2.75) is 46.0 Å². The molecule has 0 unspecified atom stereocenters. The molecule has 0 atom stereocenters. The summed E-state index contributed by atoms with van der Waals surface area (Å²) in [6, 6.07) is 0. The van der Waals surface area contributed by atoms with Crippen LogP contribution in [0.2, 0.25) is 0 Å². The van der Waals surface area contributed by atoms with Crippen molar-refractivity contribution in [1.82, 2.24) is 20.9 Å². The minimum atomic E-state index is 1.09. The fraction of sp³-hybridized carbons (Fsp3) is 0.889. The van der Waals surface area contributed by atoms with Gasteiger partial charge in [-0.25, -0.2) is 0 Å². The third-order valence-electron chi connectivity index (χ3n) is 4.38. The number of nitrogens with one attached hydrogen (secondary N) is 3. The lowest BCUT2D eigenvalue weighted by Crippen LogP contribution is -2.33. The van der Waals surface area contributed by atoms with Crippen LogP contribution < -0.4 is 16.0 Å². The second kappa shape index (κ2) is 14.2. The summed E-state index contributed by atoms with van der Waals surface area (Å²) in [4.78, 5) is 2.65. The molecule has 0 aromatic carbocycles. The zero-order valence-electron chi connectivity index (χ0n) is 14.9. The molecule has 0 bridgehead atoms. The van der Waals surface area contributed by atoms with Crippen LogP contribution in [-0.4, -0.2) is 63.8 Å². The molecule has 3 N–H and O–H groups in total. The van der Waals surface area contributed by atoms with Crippen LogP contribution in [0.1, 0.15) is 46.0 Å². The molecule has 22 heavy (non-hydrogen) atoms. The van der Waals surface area contributed by atoms with Crippen molar-refractivity contribution in [1.29, 1.82) is 0 Å². The molecule has 130 valence electrons. The average molecular weight is 311 g/mol. The number of allylic oxidation sites excluding steroid dienone is 1. The van der Waals surface area contributed by atoms with E-state index in [0.717, 1.165) is 45.8 Å². The Morgan fingerprint density at radius 1 is 0.818 bits per heavy atom. The quantitative estimate of drug-likeness (QED) is 0.697. The minimum absolute atomic E-state index is 1.09. The van der Waals surface area contributed by atoms with E-state index in [9.17, 15) is 0 Å². The molecule has 4 heteroatoms. The van der Waals surface area contributed by atoms with Crippen molar-refractivity contribution >= 4 is 0 Å². The molecular weight excluding hydrogens is 272 g/mol. The Bertz CT molecular complexity index is 262. The van der Waals surface area contributed by atoms with Crippen LogP contribution in [0.4, 0.5) is 0 Å². The van der Waals surface area contributed by atoms with Gasteiger partial charge in [0, 0.05) is 19.6 Å². The number of hydrogen-bond donors (Lipinski definition) is 3. The minimum Gasteiger partial charge on any atom is -0.317 e. The standard InChI is InChI=1S/C18H38N4/c1-3-18(4-2)17-22-15-6-5-9-20-13-14-21-11-7-10-19-12-8-16-22/h3,19-21H,4-17H2,1-2H3/b18-3+. The summed E-state index contributed by atoms with van der Waals surface area (Å²) in [5, 5.41) is 10.6. The highest BCUT2D eigenvalue weighted by Crippen LogP contribution is 2.06. The van der Waals surface area contributed by atoms with Gasteiger partial charge < -0.3 is 16.0 Å². The second-order valence-electron chi connectivity index (χ2n) is 6.24. The molecule has 0 aromatic heterocycles. The smallest absolute Gasteiger partial charge is 0.0192 e. The normalized spacial score (nSPS) is 22.5. The van der Waals surface area contributed by atoms with Gasteiger partial charge in [0.2, 0.25) is 0 Å². The topological polar surface area (TPSA) is 39.3 Å². The summed E-state index contributed by atoms with van der Waals surface area (Å²) in [5.41, 5.74) is 1.58. The van der Waals surface area contributed by atoms with Gasteiger partial charge in [0.05, 0.1) is 0 Å². The first-order chi connectivity index (χ1) is 10.9. The summed E-state index contributed by atoms with van der Waals surface area (Å²) < 4.78 is 0. The van der Waals surface area contributed by atoms with Crippen molar-refractivity contribution in [2.75, 3.05) is 58.9 Å². The predicted octanol–water partition coefficient (Wildman–Crippen LogP) is 1.99. The summed E-state index contributed by atoms with van der Waals surface area (Å²) in [5.74, 6) is 0. The van der Waals surface area contributed by atoms with Gasteiger partial charge in [0.1, 0.15) is 0 Å². The molecule has 1 aliphatic heterocycles. The molecular formula is C18H38N4. The predicted molar refractivity (Wildman–Crippen MR) is 97.6 cm³/mol. The average Bonchev–Trinajstić information content (AvgIpc) is 2.54. The van der Waals surface area contributed by atoms with Gasteiger partial charge in [-0.3, -0.25) is 4.90 Å². The van der Waals surface area contributed by atoms with Crippen molar-refractivity contribution < 1.29 is 0 Å². The lowest BCUT2D eigenvalue weighted by atomic mass is 10.1. The van der Waals surface area contributed by atoms with Crippen LogP contribution in [0.15, 0.2) is 11.6 Å². The summed E-state index contributed by atoms with van der Waals surface area (Å²) in [6.45, 7) is 14.8. The van der Waals surface area contributed by atoms with Crippen molar-refractivity contribution in [3.05, 3.63) is 11.6 Å². The number of hydrogen-bond acceptors (Lipinski definition) is 4. The Hall–Kier alpha value is -0.420. The largest absolute Gasteiger partial charge is 0.317 e. The third-order valence-corrected chi connectivity index (χ3v) is 4.38. The van der Waals surface area contributed by atoms with Gasteiger partial charge in [0.25, 0.3) is 0 Å². The van der Waals surface area contributed by atoms with Crippen LogP contribution >= 0.6 is 0 Å². The first-order valence-electron chi connectivity index (χ1n) is 9.35. The van der Waals surface area contributed by atoms with E-state index in [-0.39, 0.29) is 0 Å². The number of nitrogens with zero attached hydrogens (tertiary/aromatic N) is 1. The highest BCUT2D eigenvalue weighted by atomic mass is 15.1. The molecule has 0 amide bonds. The zero-order chi connectivity index (χ0) is 15.9. The lowest BCUT2D eigenvalue weighted by molar-refractivity contribution is 0.281. The van der Waals surface area contributed by atoms with Crippen molar-refractivity contribution in [3.8, 4) is 0 Å². The Kier molecular flexibility index (Phi) is 12.7. The van der Waals surface area contributed by atoms with Gasteiger partial charge in [-0.05, 0) is 78.3 Å². The maximum absolute atomic E-state index is 3.57. The van der Waals surface area contributed by atoms with Crippen LogP contribution in [-0.2, 0) is 0 Å². The molecule has 0 aromatic rings. The van der Waals surface area contributed by atoms with E-state index in [0.29, 0.717) is 0 Å². The maximum Gasteiger partial charge on any atom is 0.0192 e. The number of rotatable bonds is 3. The molecule has 1 heterocycles. The van der Waals surface area contributed by atoms with Gasteiger partial charge in [0.15, 0.2) is 0 Å². The Labute approximate surface area is 138 Å². The molecule has 0 spiro atoms. The SMILES string of the molecule is C/C=C(\CC)CN1CCCCNCCNCCCNCCC1. The van der Waals surface area contributed by atoms with Crippen LogP contribution in [0.5, 0.6) is 0 Å². The molecule has 1 fully saturated rings. The molecule has 1 rings (SSSR count). The molecule has 0 radical (unpaired) electrons. The highest BCUT2D eigenvalue weighted by Gasteiger charge is 2.06. The first-order valence-corrected chi connectivity index (χ1v) is 9.35. The fourth-order valence-electron chi connectivity index (χ4n) is 2.87. The summed E-state index contributed by atoms with van der Waals surface area (Å²) in [7, 11) is 0. The van der Waals surface area contributed by atoms with E-state index in [1.54, 1.807) is 5.57 Å².